The van der Waals surface area contributed by atoms with Gasteiger partial charge in [0.05, 0.1) is 0 Å². The first-order chi connectivity index (χ1) is 5.72. The number of piperidine rings is 1. The molecule has 1 rings (SSSR count). The first-order valence-corrected chi connectivity index (χ1v) is 5.14. The van der Waals surface area contributed by atoms with Gasteiger partial charge >= 0.3 is 0 Å². The predicted molar refractivity (Wildman–Crippen MR) is 53.1 cm³/mol. The molecule has 2 atom stereocenters. The van der Waals surface area contributed by atoms with E-state index in [1.165, 1.54) is 26.1 Å². The van der Waals surface area contributed by atoms with E-state index in [4.69, 9.17) is 5.73 Å². The third kappa shape index (κ3) is 3.11. The van der Waals surface area contributed by atoms with E-state index in [1.54, 1.807) is 0 Å². The lowest BCUT2D eigenvalue weighted by Gasteiger charge is -2.34. The molecule has 2 N–H and O–H groups in total. The second-order valence-corrected chi connectivity index (χ2v) is 4.35. The lowest BCUT2D eigenvalue weighted by molar-refractivity contribution is 0.140. The molecule has 0 aromatic heterocycles. The molecule has 72 valence electrons. The second-order valence-electron chi connectivity index (χ2n) is 4.35. The van der Waals surface area contributed by atoms with Gasteiger partial charge in [0.1, 0.15) is 0 Å². The third-order valence-corrected chi connectivity index (χ3v) is 2.62. The van der Waals surface area contributed by atoms with Crippen molar-refractivity contribution >= 4 is 0 Å². The quantitative estimate of drug-likeness (QED) is 0.692. The summed E-state index contributed by atoms with van der Waals surface area (Å²) in [6, 6.07) is 0. The van der Waals surface area contributed by atoms with Gasteiger partial charge in [-0.3, -0.25) is 0 Å². The summed E-state index contributed by atoms with van der Waals surface area (Å²) in [5, 5.41) is 0. The average Bonchev–Trinajstić information content (AvgIpc) is 1.99. The fourth-order valence-electron chi connectivity index (χ4n) is 2.29. The Morgan fingerprint density at radius 3 is 2.33 bits per heavy atom. The number of nitrogens with zero attached hydrogens (tertiary/aromatic N) is 1. The maximum absolute atomic E-state index is 5.49. The van der Waals surface area contributed by atoms with Crippen molar-refractivity contribution in [2.75, 3.05) is 26.2 Å². The van der Waals surface area contributed by atoms with Gasteiger partial charge in [-0.25, -0.2) is 0 Å². The van der Waals surface area contributed by atoms with Gasteiger partial charge < -0.3 is 10.6 Å². The lowest BCUT2D eigenvalue weighted by Crippen LogP contribution is -2.39. The molecule has 0 aromatic carbocycles. The summed E-state index contributed by atoms with van der Waals surface area (Å²) in [5.74, 6) is 1.76. The summed E-state index contributed by atoms with van der Waals surface area (Å²) in [6.07, 6.45) is 2.55. The van der Waals surface area contributed by atoms with Crippen molar-refractivity contribution in [3.63, 3.8) is 0 Å². The molecule has 0 aliphatic carbocycles. The Hall–Kier alpha value is -0.0800. The van der Waals surface area contributed by atoms with Crippen LogP contribution in [0.5, 0.6) is 0 Å². The molecule has 2 nitrogen and oxygen atoms in total. The predicted octanol–water partition coefficient (Wildman–Crippen LogP) is 1.31. The van der Waals surface area contributed by atoms with Gasteiger partial charge in [0.15, 0.2) is 0 Å². The highest BCUT2D eigenvalue weighted by Gasteiger charge is 2.20. The van der Waals surface area contributed by atoms with Crippen molar-refractivity contribution in [2.45, 2.75) is 26.7 Å². The first kappa shape index (κ1) is 10.0. The monoisotopic (exact) mass is 170 g/mol. The highest BCUT2D eigenvalue weighted by molar-refractivity contribution is 4.74. The molecular weight excluding hydrogens is 148 g/mol. The highest BCUT2D eigenvalue weighted by atomic mass is 15.1. The summed E-state index contributed by atoms with van der Waals surface area (Å²) < 4.78 is 0. The molecule has 1 aliphatic rings. The van der Waals surface area contributed by atoms with Gasteiger partial charge in [0.25, 0.3) is 0 Å². The molecule has 0 bridgehead atoms. The number of hydrogen-bond donors (Lipinski definition) is 1. The molecule has 0 spiro atoms. The molecule has 1 aliphatic heterocycles. The van der Waals surface area contributed by atoms with E-state index in [9.17, 15) is 0 Å². The normalized spacial score (nSPS) is 32.2. The summed E-state index contributed by atoms with van der Waals surface area (Å²) in [4.78, 5) is 2.56. The maximum Gasteiger partial charge on any atom is 0.000725 e. The van der Waals surface area contributed by atoms with Crippen LogP contribution in [0.2, 0.25) is 0 Å². The zero-order valence-corrected chi connectivity index (χ0v) is 8.42. The highest BCUT2D eigenvalue weighted by Crippen LogP contribution is 2.20. The molecule has 2 heteroatoms. The van der Waals surface area contributed by atoms with Crippen LogP contribution < -0.4 is 5.73 Å². The van der Waals surface area contributed by atoms with Gasteiger partial charge in [-0.2, -0.15) is 0 Å². The molecule has 0 aromatic rings. The number of rotatable bonds is 3. The van der Waals surface area contributed by atoms with Gasteiger partial charge in [0, 0.05) is 13.1 Å². The third-order valence-electron chi connectivity index (χ3n) is 2.62. The largest absolute Gasteiger partial charge is 0.330 e. The Bertz CT molecular complexity index is 115. The van der Waals surface area contributed by atoms with Crippen LogP contribution in [0.15, 0.2) is 0 Å². The van der Waals surface area contributed by atoms with Gasteiger partial charge in [-0.05, 0) is 37.8 Å². The van der Waals surface area contributed by atoms with E-state index >= 15 is 0 Å². The molecule has 2 unspecified atom stereocenters. The second kappa shape index (κ2) is 4.83. The zero-order valence-electron chi connectivity index (χ0n) is 8.42. The van der Waals surface area contributed by atoms with E-state index in [0.29, 0.717) is 0 Å². The zero-order chi connectivity index (χ0) is 8.97. The molecular formula is C10H22N2. The number of hydrogen-bond acceptors (Lipinski definition) is 2. The number of nitrogens with two attached hydrogens (primary N) is 1. The van der Waals surface area contributed by atoms with Crippen molar-refractivity contribution < 1.29 is 0 Å². The fourth-order valence-corrected chi connectivity index (χ4v) is 2.29. The van der Waals surface area contributed by atoms with E-state index in [1.807, 2.05) is 0 Å². The van der Waals surface area contributed by atoms with Crippen molar-refractivity contribution in [2.24, 2.45) is 17.6 Å². The van der Waals surface area contributed by atoms with Crippen LogP contribution in [-0.2, 0) is 0 Å². The van der Waals surface area contributed by atoms with Gasteiger partial charge in [0.2, 0.25) is 0 Å². The smallest absolute Gasteiger partial charge is 0.000725 e. The molecule has 12 heavy (non-hydrogen) atoms. The van der Waals surface area contributed by atoms with E-state index < -0.39 is 0 Å². The van der Waals surface area contributed by atoms with Crippen LogP contribution in [0, 0.1) is 11.8 Å². The average molecular weight is 170 g/mol. The van der Waals surface area contributed by atoms with Gasteiger partial charge in [-0.1, -0.05) is 13.8 Å². The van der Waals surface area contributed by atoms with Crippen molar-refractivity contribution in [3.05, 3.63) is 0 Å². The first-order valence-electron chi connectivity index (χ1n) is 5.14. The molecule has 0 saturated carbocycles. The lowest BCUT2D eigenvalue weighted by atomic mass is 9.92. The minimum Gasteiger partial charge on any atom is -0.330 e. The SMILES string of the molecule is CC1CC(C)CN(CCCN)C1. The van der Waals surface area contributed by atoms with E-state index in [-0.39, 0.29) is 0 Å². The Morgan fingerprint density at radius 2 is 1.83 bits per heavy atom. The van der Waals surface area contributed by atoms with Crippen LogP contribution in [0.1, 0.15) is 26.7 Å². The van der Waals surface area contributed by atoms with Crippen molar-refractivity contribution in [1.82, 2.24) is 4.90 Å². The maximum atomic E-state index is 5.49. The summed E-state index contributed by atoms with van der Waals surface area (Å²) in [5.41, 5.74) is 5.49. The summed E-state index contributed by atoms with van der Waals surface area (Å²) in [7, 11) is 0. The molecule has 1 fully saturated rings. The molecule has 1 heterocycles. The van der Waals surface area contributed by atoms with Crippen LogP contribution in [-0.4, -0.2) is 31.1 Å². The molecule has 1 saturated heterocycles. The number of likely N-dealkylation sites (tertiary alicyclic amines) is 1. The van der Waals surface area contributed by atoms with Gasteiger partial charge in [-0.15, -0.1) is 0 Å². The van der Waals surface area contributed by atoms with E-state index in [0.717, 1.165) is 24.8 Å². The summed E-state index contributed by atoms with van der Waals surface area (Å²) in [6.45, 7) is 9.30. The van der Waals surface area contributed by atoms with Crippen LogP contribution in [0.3, 0.4) is 0 Å². The topological polar surface area (TPSA) is 29.3 Å². The standard InChI is InChI=1S/C10H22N2/c1-9-6-10(2)8-12(7-9)5-3-4-11/h9-10H,3-8,11H2,1-2H3. The van der Waals surface area contributed by atoms with Crippen molar-refractivity contribution in [3.8, 4) is 0 Å². The van der Waals surface area contributed by atoms with Crippen LogP contribution >= 0.6 is 0 Å². The molecule has 0 amide bonds. The Morgan fingerprint density at radius 1 is 1.25 bits per heavy atom. The van der Waals surface area contributed by atoms with Crippen LogP contribution in [0.25, 0.3) is 0 Å². The Balaban J connectivity index is 2.24. The molecule has 0 radical (unpaired) electrons. The summed E-state index contributed by atoms with van der Waals surface area (Å²) >= 11 is 0. The minimum absolute atomic E-state index is 0.833. The van der Waals surface area contributed by atoms with Crippen molar-refractivity contribution in [1.29, 1.82) is 0 Å². The van der Waals surface area contributed by atoms with E-state index in [2.05, 4.69) is 18.7 Å². The minimum atomic E-state index is 0.833. The Kier molecular flexibility index (Phi) is 4.02. The Labute approximate surface area is 76.1 Å². The van der Waals surface area contributed by atoms with Crippen LogP contribution in [0.4, 0.5) is 0 Å². The fraction of sp³-hybridized carbons (Fsp3) is 1.00.